The summed E-state index contributed by atoms with van der Waals surface area (Å²) in [5, 5.41) is 5.17. The van der Waals surface area contributed by atoms with Gasteiger partial charge >= 0.3 is 0 Å². The third kappa shape index (κ3) is 4.91. The molecule has 0 radical (unpaired) electrons. The molecule has 0 atom stereocenters. The SMILES string of the molecule is Cc1ccc(/C=N/NC(=O)c2ccc(CSc3cccc4cccnc34)cc2)s1. The fourth-order valence-corrected chi connectivity index (χ4v) is 4.59. The molecule has 4 rings (SSSR count). The van der Waals surface area contributed by atoms with Crippen LogP contribution in [0.25, 0.3) is 10.9 Å². The van der Waals surface area contributed by atoms with Gasteiger partial charge in [0.25, 0.3) is 5.91 Å². The highest BCUT2D eigenvalue weighted by molar-refractivity contribution is 7.98. The Kier molecular flexibility index (Phi) is 6.03. The molecule has 6 heteroatoms. The van der Waals surface area contributed by atoms with Gasteiger partial charge in [-0.25, -0.2) is 5.43 Å². The molecule has 2 aromatic carbocycles. The standard InChI is InChI=1S/C23H19N3OS2/c1-16-7-12-20(29-16)14-25-26-23(27)19-10-8-17(9-11-19)15-28-21-6-2-4-18-5-3-13-24-22(18)21/h2-14H,15H2,1H3,(H,26,27)/b25-14+. The Hall–Kier alpha value is -2.96. The van der Waals surface area contributed by atoms with Crippen LogP contribution in [0.3, 0.4) is 0 Å². The number of hydrazone groups is 1. The third-order valence-electron chi connectivity index (χ3n) is 4.33. The molecule has 0 fully saturated rings. The summed E-state index contributed by atoms with van der Waals surface area (Å²) in [5.41, 5.74) is 5.34. The number of rotatable bonds is 6. The summed E-state index contributed by atoms with van der Waals surface area (Å²) in [6.45, 7) is 2.04. The minimum absolute atomic E-state index is 0.216. The number of fused-ring (bicyclic) bond motifs is 1. The van der Waals surface area contributed by atoms with Gasteiger partial charge in [0.2, 0.25) is 0 Å². The number of aryl methyl sites for hydroxylation is 1. The van der Waals surface area contributed by atoms with E-state index in [2.05, 4.69) is 39.8 Å². The lowest BCUT2D eigenvalue weighted by Crippen LogP contribution is -2.17. The molecule has 0 unspecified atom stereocenters. The van der Waals surface area contributed by atoms with Crippen LogP contribution in [0, 0.1) is 6.92 Å². The van der Waals surface area contributed by atoms with Crippen LogP contribution in [-0.4, -0.2) is 17.1 Å². The second kappa shape index (κ2) is 9.03. The fourth-order valence-electron chi connectivity index (χ4n) is 2.85. The van der Waals surface area contributed by atoms with Crippen molar-refractivity contribution >= 4 is 46.1 Å². The monoisotopic (exact) mass is 417 g/mol. The van der Waals surface area contributed by atoms with E-state index in [4.69, 9.17) is 0 Å². The number of benzene rings is 2. The molecule has 0 bridgehead atoms. The van der Waals surface area contributed by atoms with Gasteiger partial charge in [-0.1, -0.05) is 30.3 Å². The summed E-state index contributed by atoms with van der Waals surface area (Å²) in [6.07, 6.45) is 3.49. The molecule has 2 aromatic heterocycles. The third-order valence-corrected chi connectivity index (χ3v) is 6.38. The maximum atomic E-state index is 12.2. The van der Waals surface area contributed by atoms with Gasteiger partial charge in [-0.3, -0.25) is 9.78 Å². The average molecular weight is 418 g/mol. The van der Waals surface area contributed by atoms with E-state index < -0.39 is 0 Å². The first-order chi connectivity index (χ1) is 14.2. The van der Waals surface area contributed by atoms with Crippen LogP contribution in [0.4, 0.5) is 0 Å². The number of hydrogen-bond acceptors (Lipinski definition) is 5. The number of thioether (sulfide) groups is 1. The summed E-state index contributed by atoms with van der Waals surface area (Å²) in [7, 11) is 0. The number of nitrogens with zero attached hydrogens (tertiary/aromatic N) is 2. The summed E-state index contributed by atoms with van der Waals surface area (Å²) in [6, 6.07) is 21.9. The lowest BCUT2D eigenvalue weighted by atomic mass is 10.1. The smallest absolute Gasteiger partial charge is 0.267 e. The van der Waals surface area contributed by atoms with Crippen LogP contribution in [0.15, 0.2) is 82.9 Å². The van der Waals surface area contributed by atoms with Crippen LogP contribution < -0.4 is 5.43 Å². The summed E-state index contributed by atoms with van der Waals surface area (Å²) >= 11 is 3.38. The zero-order chi connectivity index (χ0) is 20.1. The van der Waals surface area contributed by atoms with Crippen LogP contribution in [-0.2, 0) is 5.75 Å². The van der Waals surface area contributed by atoms with E-state index in [1.165, 1.54) is 4.88 Å². The Labute approximate surface area is 177 Å². The molecule has 0 aliphatic carbocycles. The molecule has 0 spiro atoms. The van der Waals surface area contributed by atoms with Gasteiger partial charge < -0.3 is 0 Å². The van der Waals surface area contributed by atoms with Crippen LogP contribution in [0.5, 0.6) is 0 Å². The summed E-state index contributed by atoms with van der Waals surface area (Å²) < 4.78 is 0. The second-order valence-corrected chi connectivity index (χ2v) is 8.80. The Bertz CT molecular complexity index is 1160. The van der Waals surface area contributed by atoms with Crippen molar-refractivity contribution in [1.29, 1.82) is 0 Å². The Morgan fingerprint density at radius 2 is 1.93 bits per heavy atom. The van der Waals surface area contributed by atoms with Gasteiger partial charge in [-0.2, -0.15) is 5.10 Å². The van der Waals surface area contributed by atoms with Crippen molar-refractivity contribution in [3.05, 3.63) is 93.8 Å². The van der Waals surface area contributed by atoms with E-state index in [0.717, 1.165) is 32.0 Å². The van der Waals surface area contributed by atoms with Gasteiger partial charge in [0.1, 0.15) is 0 Å². The highest BCUT2D eigenvalue weighted by Crippen LogP contribution is 2.28. The molecule has 4 nitrogen and oxygen atoms in total. The van der Waals surface area contributed by atoms with Gasteiger partial charge in [-0.05, 0) is 48.9 Å². The molecule has 0 aliphatic rings. The number of aromatic nitrogens is 1. The van der Waals surface area contributed by atoms with Crippen molar-refractivity contribution in [1.82, 2.24) is 10.4 Å². The molecule has 0 saturated heterocycles. The zero-order valence-corrected chi connectivity index (χ0v) is 17.5. The summed E-state index contributed by atoms with van der Waals surface area (Å²) in [4.78, 5) is 20.1. The normalized spacial score (nSPS) is 11.2. The predicted molar refractivity (Wildman–Crippen MR) is 122 cm³/mol. The zero-order valence-electron chi connectivity index (χ0n) is 15.8. The predicted octanol–water partition coefficient (Wildman–Crippen LogP) is 5.66. The molecule has 0 saturated carbocycles. The number of thiophene rings is 1. The van der Waals surface area contributed by atoms with E-state index in [-0.39, 0.29) is 5.91 Å². The molecule has 4 aromatic rings. The van der Waals surface area contributed by atoms with Crippen molar-refractivity contribution < 1.29 is 4.79 Å². The number of pyridine rings is 1. The largest absolute Gasteiger partial charge is 0.271 e. The Morgan fingerprint density at radius 1 is 1.10 bits per heavy atom. The van der Waals surface area contributed by atoms with Crippen LogP contribution in [0.2, 0.25) is 0 Å². The molecule has 1 N–H and O–H groups in total. The maximum Gasteiger partial charge on any atom is 0.271 e. The number of hydrogen-bond donors (Lipinski definition) is 1. The first-order valence-corrected chi connectivity index (χ1v) is 10.9. The quantitative estimate of drug-likeness (QED) is 0.250. The highest BCUT2D eigenvalue weighted by atomic mass is 32.2. The minimum Gasteiger partial charge on any atom is -0.267 e. The first-order valence-electron chi connectivity index (χ1n) is 9.14. The summed E-state index contributed by atoms with van der Waals surface area (Å²) in [5.74, 6) is 0.597. The Balaban J connectivity index is 1.36. The van der Waals surface area contributed by atoms with Gasteiger partial charge in [0.05, 0.1) is 11.7 Å². The number of para-hydroxylation sites is 1. The van der Waals surface area contributed by atoms with Crippen molar-refractivity contribution in [2.24, 2.45) is 5.10 Å². The molecule has 2 heterocycles. The topological polar surface area (TPSA) is 54.4 Å². The molecule has 1 amide bonds. The van der Waals surface area contributed by atoms with Crippen molar-refractivity contribution in [3.63, 3.8) is 0 Å². The van der Waals surface area contributed by atoms with E-state index >= 15 is 0 Å². The van der Waals surface area contributed by atoms with E-state index in [1.807, 2.05) is 55.6 Å². The van der Waals surface area contributed by atoms with E-state index in [1.54, 1.807) is 29.3 Å². The van der Waals surface area contributed by atoms with Gasteiger partial charge in [-0.15, -0.1) is 23.1 Å². The number of nitrogens with one attached hydrogen (secondary N) is 1. The number of carbonyl (C=O) groups is 1. The lowest BCUT2D eigenvalue weighted by Gasteiger charge is -2.06. The minimum atomic E-state index is -0.216. The van der Waals surface area contributed by atoms with Crippen molar-refractivity contribution in [2.75, 3.05) is 0 Å². The van der Waals surface area contributed by atoms with E-state index in [0.29, 0.717) is 5.56 Å². The van der Waals surface area contributed by atoms with Crippen molar-refractivity contribution in [2.45, 2.75) is 17.6 Å². The average Bonchev–Trinajstić information content (AvgIpc) is 3.17. The van der Waals surface area contributed by atoms with Crippen molar-refractivity contribution in [3.8, 4) is 0 Å². The van der Waals surface area contributed by atoms with E-state index in [9.17, 15) is 4.79 Å². The second-order valence-electron chi connectivity index (χ2n) is 6.46. The maximum absolute atomic E-state index is 12.2. The van der Waals surface area contributed by atoms with Crippen LogP contribution >= 0.6 is 23.1 Å². The molecular weight excluding hydrogens is 398 g/mol. The first kappa shape index (κ1) is 19.4. The Morgan fingerprint density at radius 3 is 2.72 bits per heavy atom. The molecular formula is C23H19N3OS2. The number of amides is 1. The number of carbonyl (C=O) groups excluding carboxylic acids is 1. The molecule has 144 valence electrons. The molecule has 0 aliphatic heterocycles. The van der Waals surface area contributed by atoms with Crippen LogP contribution in [0.1, 0.15) is 25.7 Å². The molecule has 29 heavy (non-hydrogen) atoms. The highest BCUT2D eigenvalue weighted by Gasteiger charge is 2.06. The lowest BCUT2D eigenvalue weighted by molar-refractivity contribution is 0.0955. The fraction of sp³-hybridized carbons (Fsp3) is 0.0870. The van der Waals surface area contributed by atoms with Gasteiger partial charge in [0.15, 0.2) is 0 Å². The van der Waals surface area contributed by atoms with Gasteiger partial charge in [0, 0.05) is 37.5 Å².